The first-order valence-corrected chi connectivity index (χ1v) is 4.80. The molecule has 3 heteroatoms. The summed E-state index contributed by atoms with van der Waals surface area (Å²) in [7, 11) is 1.54. The molecule has 0 aromatic heterocycles. The van der Waals surface area contributed by atoms with E-state index in [2.05, 4.69) is 0 Å². The summed E-state index contributed by atoms with van der Waals surface area (Å²) in [6.45, 7) is 0.687. The predicted octanol–water partition coefficient (Wildman–Crippen LogP) is 2.12. The molecule has 1 aromatic rings. The van der Waals surface area contributed by atoms with Crippen molar-refractivity contribution in [3.05, 3.63) is 29.6 Å². The third-order valence-electron chi connectivity index (χ3n) is 2.09. The number of unbranched alkanes of at least 4 members (excludes halogenated alkanes) is 1. The standard InChI is InChI=1S/C11H16FNO/c1-14-11-7-9(4-2-3-5-13)6-10(12)8-11/h6-8H,2-5,13H2,1H3. The zero-order valence-corrected chi connectivity index (χ0v) is 8.42. The summed E-state index contributed by atoms with van der Waals surface area (Å²) in [4.78, 5) is 0. The van der Waals surface area contributed by atoms with Crippen LogP contribution in [0, 0.1) is 5.82 Å². The maximum atomic E-state index is 13.0. The molecule has 0 heterocycles. The Morgan fingerprint density at radius 3 is 2.71 bits per heavy atom. The van der Waals surface area contributed by atoms with Crippen LogP contribution in [0.5, 0.6) is 5.75 Å². The molecule has 0 atom stereocenters. The highest BCUT2D eigenvalue weighted by Crippen LogP contribution is 2.17. The van der Waals surface area contributed by atoms with Gasteiger partial charge in [0, 0.05) is 6.07 Å². The number of hydrogen-bond donors (Lipinski definition) is 1. The van der Waals surface area contributed by atoms with Crippen LogP contribution in [0.4, 0.5) is 4.39 Å². The fourth-order valence-electron chi connectivity index (χ4n) is 1.36. The molecule has 0 saturated carbocycles. The number of methoxy groups -OCH3 is 1. The Hall–Kier alpha value is -1.09. The van der Waals surface area contributed by atoms with E-state index in [4.69, 9.17) is 10.5 Å². The largest absolute Gasteiger partial charge is 0.497 e. The van der Waals surface area contributed by atoms with Gasteiger partial charge in [0.05, 0.1) is 7.11 Å². The Bertz CT molecular complexity index is 289. The molecule has 2 N–H and O–H groups in total. The van der Waals surface area contributed by atoms with Crippen molar-refractivity contribution in [3.8, 4) is 5.75 Å². The fraction of sp³-hybridized carbons (Fsp3) is 0.455. The predicted molar refractivity (Wildman–Crippen MR) is 54.9 cm³/mol. The minimum Gasteiger partial charge on any atom is -0.497 e. The topological polar surface area (TPSA) is 35.2 Å². The molecule has 0 aliphatic rings. The average molecular weight is 197 g/mol. The zero-order chi connectivity index (χ0) is 10.4. The molecule has 0 unspecified atom stereocenters. The molecule has 0 fully saturated rings. The fourth-order valence-corrected chi connectivity index (χ4v) is 1.36. The quantitative estimate of drug-likeness (QED) is 0.734. The Morgan fingerprint density at radius 2 is 2.07 bits per heavy atom. The normalized spacial score (nSPS) is 10.2. The van der Waals surface area contributed by atoms with Gasteiger partial charge in [-0.25, -0.2) is 4.39 Å². The molecule has 0 bridgehead atoms. The molecular formula is C11H16FNO. The summed E-state index contributed by atoms with van der Waals surface area (Å²) in [6, 6.07) is 4.78. The van der Waals surface area contributed by atoms with Crippen molar-refractivity contribution in [2.24, 2.45) is 5.73 Å². The van der Waals surface area contributed by atoms with Crippen LogP contribution in [0.25, 0.3) is 0 Å². The van der Waals surface area contributed by atoms with E-state index in [1.165, 1.54) is 6.07 Å². The average Bonchev–Trinajstić information content (AvgIpc) is 2.17. The highest BCUT2D eigenvalue weighted by atomic mass is 19.1. The van der Waals surface area contributed by atoms with E-state index in [9.17, 15) is 4.39 Å². The van der Waals surface area contributed by atoms with Gasteiger partial charge in [0.15, 0.2) is 0 Å². The van der Waals surface area contributed by atoms with E-state index >= 15 is 0 Å². The third-order valence-corrected chi connectivity index (χ3v) is 2.09. The Kier molecular flexibility index (Phi) is 4.40. The lowest BCUT2D eigenvalue weighted by Crippen LogP contribution is -1.99. The van der Waals surface area contributed by atoms with Gasteiger partial charge in [-0.2, -0.15) is 0 Å². The van der Waals surface area contributed by atoms with Gasteiger partial charge in [-0.3, -0.25) is 0 Å². The zero-order valence-electron chi connectivity index (χ0n) is 8.42. The van der Waals surface area contributed by atoms with Crippen LogP contribution >= 0.6 is 0 Å². The Balaban J connectivity index is 2.62. The highest BCUT2D eigenvalue weighted by Gasteiger charge is 2.00. The Labute approximate surface area is 83.9 Å². The lowest BCUT2D eigenvalue weighted by molar-refractivity contribution is 0.410. The summed E-state index contributed by atoms with van der Waals surface area (Å²) in [6.07, 6.45) is 2.81. The number of nitrogens with two attached hydrogens (primary N) is 1. The second-order valence-electron chi connectivity index (χ2n) is 3.25. The van der Waals surface area contributed by atoms with Gasteiger partial charge in [0.1, 0.15) is 11.6 Å². The number of aryl methyl sites for hydroxylation is 1. The molecule has 14 heavy (non-hydrogen) atoms. The first kappa shape index (κ1) is 11.0. The first-order valence-electron chi connectivity index (χ1n) is 4.80. The number of rotatable bonds is 5. The summed E-state index contributed by atoms with van der Waals surface area (Å²) < 4.78 is 18.0. The number of hydrogen-bond acceptors (Lipinski definition) is 2. The summed E-state index contributed by atoms with van der Waals surface area (Å²) in [5.41, 5.74) is 6.35. The van der Waals surface area contributed by atoms with Gasteiger partial charge < -0.3 is 10.5 Å². The maximum Gasteiger partial charge on any atom is 0.127 e. The smallest absolute Gasteiger partial charge is 0.127 e. The van der Waals surface area contributed by atoms with Gasteiger partial charge in [0.25, 0.3) is 0 Å². The van der Waals surface area contributed by atoms with Gasteiger partial charge in [-0.1, -0.05) is 0 Å². The van der Waals surface area contributed by atoms with Crippen LogP contribution in [0.3, 0.4) is 0 Å². The summed E-state index contributed by atoms with van der Waals surface area (Å²) >= 11 is 0. The molecule has 1 aromatic carbocycles. The van der Waals surface area contributed by atoms with E-state index in [0.717, 1.165) is 24.8 Å². The van der Waals surface area contributed by atoms with E-state index in [0.29, 0.717) is 12.3 Å². The number of ether oxygens (including phenoxy) is 1. The molecular weight excluding hydrogens is 181 g/mol. The van der Waals surface area contributed by atoms with E-state index in [-0.39, 0.29) is 5.82 Å². The lowest BCUT2D eigenvalue weighted by atomic mass is 10.1. The molecule has 0 saturated heterocycles. The van der Waals surface area contributed by atoms with Gasteiger partial charge in [0.2, 0.25) is 0 Å². The van der Waals surface area contributed by atoms with E-state index in [1.807, 2.05) is 6.07 Å². The maximum absolute atomic E-state index is 13.0. The molecule has 2 nitrogen and oxygen atoms in total. The molecule has 0 amide bonds. The van der Waals surface area contributed by atoms with E-state index < -0.39 is 0 Å². The van der Waals surface area contributed by atoms with Gasteiger partial charge in [-0.15, -0.1) is 0 Å². The second-order valence-corrected chi connectivity index (χ2v) is 3.25. The van der Waals surface area contributed by atoms with Gasteiger partial charge in [-0.05, 0) is 43.5 Å². The van der Waals surface area contributed by atoms with Gasteiger partial charge >= 0.3 is 0 Å². The monoisotopic (exact) mass is 197 g/mol. The van der Waals surface area contributed by atoms with Crippen LogP contribution < -0.4 is 10.5 Å². The summed E-state index contributed by atoms with van der Waals surface area (Å²) in [5, 5.41) is 0. The Morgan fingerprint density at radius 1 is 1.29 bits per heavy atom. The molecule has 0 aliphatic carbocycles. The third kappa shape index (κ3) is 3.34. The molecule has 0 aliphatic heterocycles. The van der Waals surface area contributed by atoms with Crippen LogP contribution in [0.1, 0.15) is 18.4 Å². The first-order chi connectivity index (χ1) is 6.76. The number of halogens is 1. The summed E-state index contributed by atoms with van der Waals surface area (Å²) in [5.74, 6) is 0.333. The lowest BCUT2D eigenvalue weighted by Gasteiger charge is -2.04. The van der Waals surface area contributed by atoms with Crippen molar-refractivity contribution in [1.29, 1.82) is 0 Å². The molecule has 0 spiro atoms. The van der Waals surface area contributed by atoms with Crippen molar-refractivity contribution < 1.29 is 9.13 Å². The van der Waals surface area contributed by atoms with Crippen LogP contribution in [0.15, 0.2) is 18.2 Å². The highest BCUT2D eigenvalue weighted by molar-refractivity contribution is 5.29. The SMILES string of the molecule is COc1cc(F)cc(CCCCN)c1. The minimum atomic E-state index is -0.243. The van der Waals surface area contributed by atoms with E-state index in [1.54, 1.807) is 13.2 Å². The van der Waals surface area contributed by atoms with Crippen LogP contribution in [-0.2, 0) is 6.42 Å². The van der Waals surface area contributed by atoms with Crippen molar-refractivity contribution in [1.82, 2.24) is 0 Å². The van der Waals surface area contributed by atoms with Crippen molar-refractivity contribution >= 4 is 0 Å². The molecule has 0 radical (unpaired) electrons. The second kappa shape index (κ2) is 5.60. The molecule has 1 rings (SSSR count). The minimum absolute atomic E-state index is 0.243. The van der Waals surface area contributed by atoms with Crippen LogP contribution in [0.2, 0.25) is 0 Å². The molecule has 78 valence electrons. The van der Waals surface area contributed by atoms with Crippen molar-refractivity contribution in [2.75, 3.05) is 13.7 Å². The van der Waals surface area contributed by atoms with Crippen LogP contribution in [-0.4, -0.2) is 13.7 Å². The van der Waals surface area contributed by atoms with Crippen molar-refractivity contribution in [2.45, 2.75) is 19.3 Å². The number of benzene rings is 1. The van der Waals surface area contributed by atoms with Crippen molar-refractivity contribution in [3.63, 3.8) is 0 Å².